The van der Waals surface area contributed by atoms with Crippen LogP contribution in [0.3, 0.4) is 0 Å². The molecule has 2 aromatic rings. The fourth-order valence-electron chi connectivity index (χ4n) is 1.60. The van der Waals surface area contributed by atoms with Crippen molar-refractivity contribution in [2.24, 2.45) is 0 Å². The van der Waals surface area contributed by atoms with Crippen LogP contribution in [0.4, 0.5) is 5.69 Å². The minimum atomic E-state index is -3.72. The van der Waals surface area contributed by atoms with Crippen molar-refractivity contribution in [3.63, 3.8) is 0 Å². The van der Waals surface area contributed by atoms with Crippen molar-refractivity contribution in [2.45, 2.75) is 4.21 Å². The minimum Gasteiger partial charge on any atom is -0.478 e. The van der Waals surface area contributed by atoms with E-state index in [2.05, 4.69) is 0 Å². The quantitative estimate of drug-likeness (QED) is 0.939. The standard InChI is InChI=1S/C12H11NO4S2/c1-13(19(16,17)11-7-4-8-18-11)10-6-3-2-5-9(10)12(14)15/h2-8H,1H3,(H,14,15). The average molecular weight is 297 g/mol. The summed E-state index contributed by atoms with van der Waals surface area (Å²) in [6, 6.07) is 9.11. The van der Waals surface area contributed by atoms with Gasteiger partial charge in [-0.2, -0.15) is 0 Å². The Hall–Kier alpha value is -1.86. The maximum absolute atomic E-state index is 12.3. The number of sulfonamides is 1. The molecule has 0 bridgehead atoms. The zero-order valence-electron chi connectivity index (χ0n) is 9.98. The molecular weight excluding hydrogens is 286 g/mol. The largest absolute Gasteiger partial charge is 0.478 e. The minimum absolute atomic E-state index is 0.0508. The summed E-state index contributed by atoms with van der Waals surface area (Å²) in [6.45, 7) is 0. The maximum Gasteiger partial charge on any atom is 0.337 e. The predicted octanol–water partition coefficient (Wildman–Crippen LogP) is 2.27. The molecule has 1 heterocycles. The van der Waals surface area contributed by atoms with E-state index in [4.69, 9.17) is 5.11 Å². The van der Waals surface area contributed by atoms with Crippen molar-refractivity contribution in [3.8, 4) is 0 Å². The van der Waals surface area contributed by atoms with Crippen LogP contribution in [-0.4, -0.2) is 26.5 Å². The molecule has 0 spiro atoms. The number of benzene rings is 1. The van der Waals surface area contributed by atoms with Gasteiger partial charge in [-0.1, -0.05) is 18.2 Å². The van der Waals surface area contributed by atoms with E-state index in [1.165, 1.54) is 25.2 Å². The van der Waals surface area contributed by atoms with Gasteiger partial charge in [-0.3, -0.25) is 4.31 Å². The van der Waals surface area contributed by atoms with E-state index >= 15 is 0 Å². The molecule has 0 aliphatic carbocycles. The first kappa shape index (κ1) is 13.6. The molecule has 100 valence electrons. The van der Waals surface area contributed by atoms with Crippen molar-refractivity contribution in [3.05, 3.63) is 47.3 Å². The van der Waals surface area contributed by atoms with Crippen LogP contribution in [0, 0.1) is 0 Å². The molecule has 7 heteroatoms. The summed E-state index contributed by atoms with van der Waals surface area (Å²) in [7, 11) is -2.37. The average Bonchev–Trinajstić information content (AvgIpc) is 2.92. The maximum atomic E-state index is 12.3. The van der Waals surface area contributed by atoms with Gasteiger partial charge in [0.25, 0.3) is 10.0 Å². The highest BCUT2D eigenvalue weighted by Gasteiger charge is 2.25. The van der Waals surface area contributed by atoms with Gasteiger partial charge in [-0.15, -0.1) is 11.3 Å². The Kier molecular flexibility index (Phi) is 3.59. The number of para-hydroxylation sites is 1. The summed E-state index contributed by atoms with van der Waals surface area (Å²) >= 11 is 1.09. The van der Waals surface area contributed by atoms with E-state index in [0.717, 1.165) is 15.6 Å². The van der Waals surface area contributed by atoms with Crippen LogP contribution >= 0.6 is 11.3 Å². The molecule has 0 radical (unpaired) electrons. The molecule has 0 atom stereocenters. The number of nitrogens with zero attached hydrogens (tertiary/aromatic N) is 1. The fourth-order valence-corrected chi connectivity index (χ4v) is 3.98. The molecule has 19 heavy (non-hydrogen) atoms. The summed E-state index contributed by atoms with van der Waals surface area (Å²) in [5.74, 6) is -1.16. The molecule has 1 aromatic heterocycles. The Morgan fingerprint density at radius 1 is 1.21 bits per heavy atom. The first-order valence-electron chi connectivity index (χ1n) is 5.29. The molecule has 0 unspecified atom stereocenters. The monoisotopic (exact) mass is 297 g/mol. The van der Waals surface area contributed by atoms with E-state index in [0.29, 0.717) is 0 Å². The first-order chi connectivity index (χ1) is 8.94. The Bertz CT molecular complexity index is 692. The molecule has 0 fully saturated rings. The smallest absolute Gasteiger partial charge is 0.337 e. The topological polar surface area (TPSA) is 74.7 Å². The summed E-state index contributed by atoms with van der Waals surface area (Å²) in [5, 5.41) is 10.7. The number of aromatic carboxylic acids is 1. The highest BCUT2D eigenvalue weighted by molar-refractivity contribution is 7.94. The van der Waals surface area contributed by atoms with Crippen LogP contribution in [0.25, 0.3) is 0 Å². The van der Waals surface area contributed by atoms with Crippen LogP contribution < -0.4 is 4.31 Å². The normalized spacial score (nSPS) is 11.2. The van der Waals surface area contributed by atoms with Crippen LogP contribution in [0.5, 0.6) is 0 Å². The van der Waals surface area contributed by atoms with Gasteiger partial charge >= 0.3 is 5.97 Å². The summed E-state index contributed by atoms with van der Waals surface area (Å²) in [5.41, 5.74) is 0.0912. The Morgan fingerprint density at radius 2 is 1.89 bits per heavy atom. The summed E-state index contributed by atoms with van der Waals surface area (Å²) < 4.78 is 25.8. The van der Waals surface area contributed by atoms with Crippen LogP contribution in [-0.2, 0) is 10.0 Å². The molecule has 2 rings (SSSR count). The molecule has 1 N–H and O–H groups in total. The van der Waals surface area contributed by atoms with Crippen molar-refractivity contribution in [1.82, 2.24) is 0 Å². The molecular formula is C12H11NO4S2. The lowest BCUT2D eigenvalue weighted by molar-refractivity contribution is 0.0698. The third-order valence-corrected chi connectivity index (χ3v) is 5.73. The van der Waals surface area contributed by atoms with Gasteiger partial charge in [-0.05, 0) is 23.6 Å². The van der Waals surface area contributed by atoms with E-state index in [-0.39, 0.29) is 15.5 Å². The van der Waals surface area contributed by atoms with Crippen molar-refractivity contribution < 1.29 is 18.3 Å². The number of carbonyl (C=O) groups is 1. The van der Waals surface area contributed by atoms with E-state index in [9.17, 15) is 13.2 Å². The van der Waals surface area contributed by atoms with Crippen molar-refractivity contribution in [1.29, 1.82) is 0 Å². The second-order valence-electron chi connectivity index (χ2n) is 3.73. The highest BCUT2D eigenvalue weighted by atomic mass is 32.2. The zero-order chi connectivity index (χ0) is 14.0. The van der Waals surface area contributed by atoms with Gasteiger partial charge in [0.05, 0.1) is 11.3 Å². The number of hydrogen-bond donors (Lipinski definition) is 1. The molecule has 0 saturated carbocycles. The second kappa shape index (κ2) is 5.02. The van der Waals surface area contributed by atoms with E-state index in [1.807, 2.05) is 0 Å². The number of carboxylic acids is 1. The van der Waals surface area contributed by atoms with Crippen molar-refractivity contribution >= 4 is 33.0 Å². The number of anilines is 1. The van der Waals surface area contributed by atoms with Gasteiger partial charge < -0.3 is 5.11 Å². The lowest BCUT2D eigenvalue weighted by Crippen LogP contribution is -2.27. The number of thiophene rings is 1. The Balaban J connectivity index is 2.52. The Labute approximate surface area is 114 Å². The third-order valence-electron chi connectivity index (χ3n) is 2.58. The Morgan fingerprint density at radius 3 is 2.47 bits per heavy atom. The van der Waals surface area contributed by atoms with E-state index in [1.54, 1.807) is 23.6 Å². The summed E-state index contributed by atoms with van der Waals surface area (Å²) in [4.78, 5) is 11.1. The zero-order valence-corrected chi connectivity index (χ0v) is 11.6. The van der Waals surface area contributed by atoms with Gasteiger partial charge in [0.1, 0.15) is 4.21 Å². The predicted molar refractivity (Wildman–Crippen MR) is 73.3 cm³/mol. The molecule has 5 nitrogen and oxygen atoms in total. The van der Waals surface area contributed by atoms with Crippen LogP contribution in [0.2, 0.25) is 0 Å². The van der Waals surface area contributed by atoms with Gasteiger partial charge in [0, 0.05) is 7.05 Å². The number of rotatable bonds is 4. The summed E-state index contributed by atoms with van der Waals surface area (Å²) in [6.07, 6.45) is 0. The molecule has 1 aromatic carbocycles. The fraction of sp³-hybridized carbons (Fsp3) is 0.0833. The van der Waals surface area contributed by atoms with Gasteiger partial charge in [0.15, 0.2) is 0 Å². The van der Waals surface area contributed by atoms with Crippen LogP contribution in [0.15, 0.2) is 46.0 Å². The highest BCUT2D eigenvalue weighted by Crippen LogP contribution is 2.27. The van der Waals surface area contributed by atoms with Crippen LogP contribution in [0.1, 0.15) is 10.4 Å². The molecule has 0 saturated heterocycles. The number of carboxylic acid groups (broad SMARTS) is 1. The number of hydrogen-bond acceptors (Lipinski definition) is 4. The van der Waals surface area contributed by atoms with Crippen molar-refractivity contribution in [2.75, 3.05) is 11.4 Å². The van der Waals surface area contributed by atoms with E-state index < -0.39 is 16.0 Å². The van der Waals surface area contributed by atoms with Gasteiger partial charge in [0.2, 0.25) is 0 Å². The molecule has 0 amide bonds. The third kappa shape index (κ3) is 2.47. The first-order valence-corrected chi connectivity index (χ1v) is 7.61. The lowest BCUT2D eigenvalue weighted by atomic mass is 10.2. The second-order valence-corrected chi connectivity index (χ2v) is 6.87. The molecule has 0 aliphatic heterocycles. The SMILES string of the molecule is CN(c1ccccc1C(=O)O)S(=O)(=O)c1cccs1. The van der Waals surface area contributed by atoms with Gasteiger partial charge in [-0.25, -0.2) is 13.2 Å². The molecule has 0 aliphatic rings. The lowest BCUT2D eigenvalue weighted by Gasteiger charge is -2.20.